The Labute approximate surface area is 89.2 Å². The second-order valence-electron chi connectivity index (χ2n) is 2.89. The molecular weight excluding hydrogens is 216 g/mol. The van der Waals surface area contributed by atoms with Gasteiger partial charge in [-0.05, 0) is 0 Å². The summed E-state index contributed by atoms with van der Waals surface area (Å²) >= 11 is 0. The first-order valence-electron chi connectivity index (χ1n) is 4.31. The van der Waals surface area contributed by atoms with Crippen molar-refractivity contribution in [1.29, 1.82) is 0 Å². The minimum Gasteiger partial charge on any atom is -0.480 e. The maximum Gasteiger partial charge on any atom is 0.342 e. The molecule has 0 amide bonds. The van der Waals surface area contributed by atoms with Gasteiger partial charge in [-0.15, -0.1) is 11.7 Å². The Balaban J connectivity index is 3.09. The van der Waals surface area contributed by atoms with Crippen LogP contribution in [0.15, 0.2) is 22.2 Å². The summed E-state index contributed by atoms with van der Waals surface area (Å²) in [6.45, 7) is 3.16. The standard InChI is InChI=1S/C8H10N4O4/c1-2-3-12(4-5(13)14)6-7(15)9-8(16)11-10-6/h2H,1,3-4H2,(H,13,14)(H2,9,11,15,16). The zero-order chi connectivity index (χ0) is 12.1. The molecule has 0 aliphatic rings. The van der Waals surface area contributed by atoms with E-state index in [9.17, 15) is 14.4 Å². The van der Waals surface area contributed by atoms with Gasteiger partial charge in [-0.25, -0.2) is 9.89 Å². The predicted octanol–water partition coefficient (Wildman–Crippen LogP) is -1.46. The van der Waals surface area contributed by atoms with Crippen LogP contribution in [0.25, 0.3) is 0 Å². The Kier molecular flexibility index (Phi) is 3.59. The lowest BCUT2D eigenvalue weighted by atomic mass is 10.4. The van der Waals surface area contributed by atoms with Crippen LogP contribution in [0.4, 0.5) is 5.82 Å². The van der Waals surface area contributed by atoms with E-state index < -0.39 is 23.8 Å². The molecule has 0 aromatic carbocycles. The van der Waals surface area contributed by atoms with Gasteiger partial charge in [-0.2, -0.15) is 0 Å². The van der Waals surface area contributed by atoms with Crippen LogP contribution in [-0.4, -0.2) is 39.3 Å². The quantitative estimate of drug-likeness (QED) is 0.527. The van der Waals surface area contributed by atoms with E-state index in [-0.39, 0.29) is 12.4 Å². The number of rotatable bonds is 5. The van der Waals surface area contributed by atoms with Gasteiger partial charge in [0.05, 0.1) is 0 Å². The van der Waals surface area contributed by atoms with Crippen LogP contribution in [0, 0.1) is 0 Å². The van der Waals surface area contributed by atoms with E-state index in [0.717, 1.165) is 0 Å². The summed E-state index contributed by atoms with van der Waals surface area (Å²) in [5, 5.41) is 14.1. The number of nitrogens with zero attached hydrogens (tertiary/aromatic N) is 2. The minimum atomic E-state index is -1.12. The summed E-state index contributed by atoms with van der Waals surface area (Å²) in [4.78, 5) is 35.7. The summed E-state index contributed by atoms with van der Waals surface area (Å²) in [6, 6.07) is 0. The van der Waals surface area contributed by atoms with E-state index in [4.69, 9.17) is 5.11 Å². The zero-order valence-corrected chi connectivity index (χ0v) is 8.27. The van der Waals surface area contributed by atoms with Crippen molar-refractivity contribution >= 4 is 11.8 Å². The fraction of sp³-hybridized carbons (Fsp3) is 0.250. The van der Waals surface area contributed by atoms with E-state index in [1.807, 2.05) is 10.1 Å². The van der Waals surface area contributed by atoms with Gasteiger partial charge in [0.2, 0.25) is 5.82 Å². The summed E-state index contributed by atoms with van der Waals surface area (Å²) in [6.07, 6.45) is 1.43. The van der Waals surface area contributed by atoms with Crippen molar-refractivity contribution in [2.75, 3.05) is 18.0 Å². The van der Waals surface area contributed by atoms with Crippen LogP contribution in [0.3, 0.4) is 0 Å². The minimum absolute atomic E-state index is 0.133. The van der Waals surface area contributed by atoms with Crippen molar-refractivity contribution in [3.8, 4) is 0 Å². The summed E-state index contributed by atoms with van der Waals surface area (Å²) in [5.41, 5.74) is -1.49. The van der Waals surface area contributed by atoms with Crippen molar-refractivity contribution in [3.63, 3.8) is 0 Å². The average molecular weight is 226 g/mol. The van der Waals surface area contributed by atoms with Gasteiger partial charge >= 0.3 is 11.7 Å². The van der Waals surface area contributed by atoms with Gasteiger partial charge in [0, 0.05) is 6.54 Å². The van der Waals surface area contributed by atoms with Gasteiger partial charge in [0.1, 0.15) is 6.54 Å². The third-order valence-electron chi connectivity index (χ3n) is 1.67. The number of aromatic amines is 2. The zero-order valence-electron chi connectivity index (χ0n) is 8.27. The summed E-state index contributed by atoms with van der Waals surface area (Å²) < 4.78 is 0. The summed E-state index contributed by atoms with van der Waals surface area (Å²) in [7, 11) is 0. The highest BCUT2D eigenvalue weighted by Gasteiger charge is 2.14. The average Bonchev–Trinajstić information content (AvgIpc) is 2.16. The van der Waals surface area contributed by atoms with E-state index in [1.54, 1.807) is 0 Å². The molecule has 0 unspecified atom stereocenters. The lowest BCUT2D eigenvalue weighted by molar-refractivity contribution is -0.135. The van der Waals surface area contributed by atoms with Crippen molar-refractivity contribution in [2.45, 2.75) is 0 Å². The fourth-order valence-electron chi connectivity index (χ4n) is 1.10. The molecule has 1 aromatic heterocycles. The highest BCUT2D eigenvalue weighted by Crippen LogP contribution is 1.99. The molecule has 0 spiro atoms. The lowest BCUT2D eigenvalue weighted by Gasteiger charge is -2.17. The molecule has 86 valence electrons. The second kappa shape index (κ2) is 4.91. The van der Waals surface area contributed by atoms with E-state index in [0.29, 0.717) is 0 Å². The molecular formula is C8H10N4O4. The molecule has 1 aromatic rings. The van der Waals surface area contributed by atoms with Crippen LogP contribution in [0.2, 0.25) is 0 Å². The number of carbonyl (C=O) groups is 1. The molecule has 8 nitrogen and oxygen atoms in total. The first-order chi connectivity index (χ1) is 7.54. The van der Waals surface area contributed by atoms with Gasteiger partial charge in [0.15, 0.2) is 0 Å². The molecule has 0 fully saturated rings. The molecule has 0 saturated heterocycles. The highest BCUT2D eigenvalue weighted by atomic mass is 16.4. The van der Waals surface area contributed by atoms with Crippen LogP contribution < -0.4 is 16.1 Å². The maximum absolute atomic E-state index is 11.3. The normalized spacial score (nSPS) is 9.75. The molecule has 0 saturated carbocycles. The van der Waals surface area contributed by atoms with Crippen molar-refractivity contribution in [2.24, 2.45) is 0 Å². The Hall–Kier alpha value is -2.38. The smallest absolute Gasteiger partial charge is 0.342 e. The van der Waals surface area contributed by atoms with Crippen molar-refractivity contribution in [3.05, 3.63) is 33.5 Å². The topological polar surface area (TPSA) is 119 Å². The number of anilines is 1. The van der Waals surface area contributed by atoms with Gasteiger partial charge in [-0.3, -0.25) is 14.6 Å². The number of H-pyrrole nitrogens is 2. The molecule has 1 rings (SSSR count). The number of carboxylic acids is 1. The van der Waals surface area contributed by atoms with Crippen molar-refractivity contribution < 1.29 is 9.90 Å². The number of aromatic nitrogens is 3. The van der Waals surface area contributed by atoms with Gasteiger partial charge < -0.3 is 10.0 Å². The number of hydrogen-bond acceptors (Lipinski definition) is 5. The SMILES string of the molecule is C=CCN(CC(=O)O)c1n[nH]c(=O)[nH]c1=O. The van der Waals surface area contributed by atoms with Crippen LogP contribution >= 0.6 is 0 Å². The molecule has 1 heterocycles. The fourth-order valence-corrected chi connectivity index (χ4v) is 1.10. The van der Waals surface area contributed by atoms with Crippen LogP contribution in [0.5, 0.6) is 0 Å². The monoisotopic (exact) mass is 226 g/mol. The van der Waals surface area contributed by atoms with Crippen molar-refractivity contribution in [1.82, 2.24) is 15.2 Å². The van der Waals surface area contributed by atoms with E-state index in [2.05, 4.69) is 11.7 Å². The molecule has 0 radical (unpaired) electrons. The third-order valence-corrected chi connectivity index (χ3v) is 1.67. The molecule has 3 N–H and O–H groups in total. The third kappa shape index (κ3) is 2.80. The molecule has 0 atom stereocenters. The molecule has 0 bridgehead atoms. The second-order valence-corrected chi connectivity index (χ2v) is 2.89. The first-order valence-corrected chi connectivity index (χ1v) is 4.31. The lowest BCUT2D eigenvalue weighted by Crippen LogP contribution is -2.37. The molecule has 16 heavy (non-hydrogen) atoms. The number of nitrogens with one attached hydrogen (secondary N) is 2. The Morgan fingerprint density at radius 1 is 1.56 bits per heavy atom. The maximum atomic E-state index is 11.3. The van der Waals surface area contributed by atoms with Crippen LogP contribution in [-0.2, 0) is 4.79 Å². The number of aliphatic carboxylic acids is 1. The molecule has 8 heteroatoms. The number of carboxylic acid groups (broad SMARTS) is 1. The predicted molar refractivity (Wildman–Crippen MR) is 55.5 cm³/mol. The van der Waals surface area contributed by atoms with Crippen LogP contribution in [0.1, 0.15) is 0 Å². The highest BCUT2D eigenvalue weighted by molar-refractivity contribution is 5.73. The number of hydrogen-bond donors (Lipinski definition) is 3. The Morgan fingerprint density at radius 3 is 2.75 bits per heavy atom. The van der Waals surface area contributed by atoms with E-state index in [1.165, 1.54) is 11.0 Å². The molecule has 0 aliphatic heterocycles. The molecule has 0 aliphatic carbocycles. The Bertz CT molecular complexity index is 503. The largest absolute Gasteiger partial charge is 0.480 e. The summed E-state index contributed by atoms with van der Waals surface area (Å²) in [5.74, 6) is -1.28. The Morgan fingerprint density at radius 2 is 2.25 bits per heavy atom. The first kappa shape index (κ1) is 11.7. The van der Waals surface area contributed by atoms with Gasteiger partial charge in [-0.1, -0.05) is 6.08 Å². The van der Waals surface area contributed by atoms with E-state index >= 15 is 0 Å². The van der Waals surface area contributed by atoms with Gasteiger partial charge in [0.25, 0.3) is 5.56 Å².